The molecule has 0 atom stereocenters. The molecule has 3 aliphatic rings. The lowest BCUT2D eigenvalue weighted by molar-refractivity contribution is 0.436. The zero-order valence-electron chi connectivity index (χ0n) is 39.6. The van der Waals surface area contributed by atoms with Crippen molar-refractivity contribution in [1.29, 1.82) is 0 Å². The highest BCUT2D eigenvalue weighted by atomic mass is 16.5. The van der Waals surface area contributed by atoms with E-state index in [1.165, 1.54) is 66.3 Å². The standard InChI is InChI=1S/C67H44N4O/c1-66(2)52-27-13-12-25-47(52)50-39-51-59(40-55(50)66)71(45-23-10-5-11-24-45)58-30-18-26-46(62(51)58)43-33-35-48-49-36-34-44(65-69-63(41-19-6-3-7-20-41)68-64(70-65)42-21-8-4-9-22-42)38-57(49)67(56(48)37-43)53-28-14-16-31-60(53)72-61-32-17-15-29-54(61)67/h3-40H,1-2H3. The smallest absolute Gasteiger partial charge is 0.164 e. The molecule has 12 aromatic rings. The van der Waals surface area contributed by atoms with Crippen LogP contribution in [-0.4, -0.2) is 19.5 Å². The number of benzene rings is 10. The first-order valence-corrected chi connectivity index (χ1v) is 24.8. The van der Waals surface area contributed by atoms with Crippen LogP contribution in [0.3, 0.4) is 0 Å². The first-order valence-electron chi connectivity index (χ1n) is 24.8. The molecule has 0 bridgehead atoms. The van der Waals surface area contributed by atoms with Gasteiger partial charge in [0.05, 0.1) is 16.4 Å². The lowest BCUT2D eigenvalue weighted by atomic mass is 9.65. The highest BCUT2D eigenvalue weighted by Gasteiger charge is 2.51. The van der Waals surface area contributed by atoms with Gasteiger partial charge in [-0.05, 0) is 110 Å². The summed E-state index contributed by atoms with van der Waals surface area (Å²) < 4.78 is 9.32. The number of ether oxygens (including phenoxy) is 1. The summed E-state index contributed by atoms with van der Waals surface area (Å²) in [7, 11) is 0. The number of hydrogen-bond donors (Lipinski definition) is 0. The quantitative estimate of drug-likeness (QED) is 0.173. The van der Waals surface area contributed by atoms with Crippen LogP contribution in [0.4, 0.5) is 0 Å². The molecule has 338 valence electrons. The Labute approximate surface area is 417 Å². The van der Waals surface area contributed by atoms with Crippen LogP contribution in [0.1, 0.15) is 47.2 Å². The van der Waals surface area contributed by atoms with E-state index in [0.717, 1.165) is 56.1 Å². The summed E-state index contributed by atoms with van der Waals surface area (Å²) in [6, 6.07) is 83.1. The molecule has 0 amide bonds. The van der Waals surface area contributed by atoms with Crippen molar-refractivity contribution in [3.8, 4) is 84.7 Å². The van der Waals surface area contributed by atoms with Gasteiger partial charge in [0.2, 0.25) is 0 Å². The summed E-state index contributed by atoms with van der Waals surface area (Å²) in [4.78, 5) is 15.5. The maximum Gasteiger partial charge on any atom is 0.164 e. The lowest BCUT2D eigenvalue weighted by Crippen LogP contribution is -2.32. The summed E-state index contributed by atoms with van der Waals surface area (Å²) in [6.07, 6.45) is 0. The highest BCUT2D eigenvalue weighted by molar-refractivity contribution is 6.17. The van der Waals surface area contributed by atoms with E-state index in [-0.39, 0.29) is 5.41 Å². The zero-order valence-corrected chi connectivity index (χ0v) is 39.6. The predicted molar refractivity (Wildman–Crippen MR) is 291 cm³/mol. The summed E-state index contributed by atoms with van der Waals surface area (Å²) >= 11 is 0. The number of aromatic nitrogens is 4. The second-order valence-electron chi connectivity index (χ2n) is 19.9. The van der Waals surface area contributed by atoms with Gasteiger partial charge in [0, 0.05) is 49.7 Å². The van der Waals surface area contributed by atoms with Gasteiger partial charge in [0.1, 0.15) is 11.5 Å². The third-order valence-electron chi connectivity index (χ3n) is 15.7. The number of fused-ring (bicyclic) bond motifs is 15. The zero-order chi connectivity index (χ0) is 47.7. The van der Waals surface area contributed by atoms with E-state index < -0.39 is 5.41 Å². The van der Waals surface area contributed by atoms with Crippen LogP contribution >= 0.6 is 0 Å². The van der Waals surface area contributed by atoms with Crippen molar-refractivity contribution in [2.75, 3.05) is 0 Å². The fourth-order valence-corrected chi connectivity index (χ4v) is 12.5. The van der Waals surface area contributed by atoms with Crippen molar-refractivity contribution >= 4 is 21.8 Å². The second kappa shape index (κ2) is 15.2. The van der Waals surface area contributed by atoms with E-state index in [1.54, 1.807) is 0 Å². The molecular formula is C67H44N4O. The maximum atomic E-state index is 6.84. The predicted octanol–water partition coefficient (Wildman–Crippen LogP) is 16.4. The van der Waals surface area contributed by atoms with E-state index in [0.29, 0.717) is 17.5 Å². The molecule has 0 saturated heterocycles. The molecule has 0 fully saturated rings. The molecule has 1 aliphatic heterocycles. The minimum Gasteiger partial charge on any atom is -0.457 e. The summed E-state index contributed by atoms with van der Waals surface area (Å²) in [5, 5.41) is 2.47. The van der Waals surface area contributed by atoms with E-state index in [4.69, 9.17) is 19.7 Å². The Balaban J connectivity index is 0.993. The Morgan fingerprint density at radius 1 is 0.347 bits per heavy atom. The number of rotatable bonds is 5. The second-order valence-corrected chi connectivity index (χ2v) is 19.9. The topological polar surface area (TPSA) is 52.8 Å². The molecule has 10 aromatic carbocycles. The van der Waals surface area contributed by atoms with Gasteiger partial charge in [-0.15, -0.1) is 0 Å². The molecule has 0 saturated carbocycles. The molecule has 5 heteroatoms. The van der Waals surface area contributed by atoms with Crippen LogP contribution in [0.15, 0.2) is 231 Å². The lowest BCUT2D eigenvalue weighted by Gasteiger charge is -2.39. The van der Waals surface area contributed by atoms with Gasteiger partial charge >= 0.3 is 0 Å². The SMILES string of the molecule is CC1(C)c2ccccc2-c2cc3c4c(-c5ccc6c(c5)C5(c7ccccc7Oc7ccccc75)c5cc(-c7nc(-c8ccccc8)nc(-c8ccccc8)n7)ccc5-6)cccc4n(-c4ccccc4)c3cc21. The van der Waals surface area contributed by atoms with Crippen molar-refractivity contribution < 1.29 is 4.74 Å². The highest BCUT2D eigenvalue weighted by Crippen LogP contribution is 2.63. The van der Waals surface area contributed by atoms with Crippen LogP contribution in [0, 0.1) is 0 Å². The van der Waals surface area contributed by atoms with Gasteiger partial charge < -0.3 is 9.30 Å². The van der Waals surface area contributed by atoms with E-state index >= 15 is 0 Å². The molecule has 3 heterocycles. The van der Waals surface area contributed by atoms with Crippen molar-refractivity contribution in [2.45, 2.75) is 24.7 Å². The largest absolute Gasteiger partial charge is 0.457 e. The van der Waals surface area contributed by atoms with Gasteiger partial charge in [-0.1, -0.05) is 190 Å². The van der Waals surface area contributed by atoms with E-state index in [2.05, 4.69) is 213 Å². The molecule has 0 N–H and O–H groups in total. The Morgan fingerprint density at radius 2 is 0.847 bits per heavy atom. The molecule has 0 radical (unpaired) electrons. The fraction of sp³-hybridized carbons (Fsp3) is 0.0597. The molecule has 2 aliphatic carbocycles. The normalized spacial score (nSPS) is 14.0. The van der Waals surface area contributed by atoms with Crippen molar-refractivity contribution in [2.24, 2.45) is 0 Å². The van der Waals surface area contributed by atoms with Gasteiger partial charge in [-0.2, -0.15) is 0 Å². The number of hydrogen-bond acceptors (Lipinski definition) is 4. The molecular weight excluding hydrogens is 877 g/mol. The van der Waals surface area contributed by atoms with Crippen LogP contribution in [-0.2, 0) is 10.8 Å². The van der Waals surface area contributed by atoms with Crippen LogP contribution < -0.4 is 4.74 Å². The first kappa shape index (κ1) is 40.7. The number of para-hydroxylation sites is 3. The van der Waals surface area contributed by atoms with Crippen LogP contribution in [0.2, 0.25) is 0 Å². The average molecular weight is 921 g/mol. The van der Waals surface area contributed by atoms with Gasteiger partial charge in [0.25, 0.3) is 0 Å². The van der Waals surface area contributed by atoms with Crippen molar-refractivity contribution in [1.82, 2.24) is 19.5 Å². The van der Waals surface area contributed by atoms with Crippen molar-refractivity contribution in [3.05, 3.63) is 264 Å². The summed E-state index contributed by atoms with van der Waals surface area (Å²) in [5.74, 6) is 3.56. The van der Waals surface area contributed by atoms with E-state index in [9.17, 15) is 0 Å². The van der Waals surface area contributed by atoms with Crippen LogP contribution in [0.5, 0.6) is 11.5 Å². The minimum atomic E-state index is -0.748. The summed E-state index contributed by atoms with van der Waals surface area (Å²) in [5.41, 5.74) is 20.0. The Bertz CT molecular complexity index is 4110. The molecule has 0 unspecified atom stereocenters. The third kappa shape index (κ3) is 5.67. The van der Waals surface area contributed by atoms with Crippen LogP contribution in [0.25, 0.3) is 95.0 Å². The Morgan fingerprint density at radius 3 is 1.49 bits per heavy atom. The monoisotopic (exact) mass is 920 g/mol. The van der Waals surface area contributed by atoms with E-state index in [1.807, 2.05) is 36.4 Å². The molecule has 15 rings (SSSR count). The fourth-order valence-electron chi connectivity index (χ4n) is 12.5. The van der Waals surface area contributed by atoms with Gasteiger partial charge in [0.15, 0.2) is 17.5 Å². The summed E-state index contributed by atoms with van der Waals surface area (Å²) in [6.45, 7) is 4.73. The Kier molecular flexibility index (Phi) is 8.56. The molecule has 72 heavy (non-hydrogen) atoms. The first-order chi connectivity index (χ1) is 35.4. The minimum absolute atomic E-state index is 0.141. The molecule has 5 nitrogen and oxygen atoms in total. The van der Waals surface area contributed by atoms with Crippen molar-refractivity contribution in [3.63, 3.8) is 0 Å². The number of nitrogens with zero attached hydrogens (tertiary/aromatic N) is 4. The van der Waals surface area contributed by atoms with Gasteiger partial charge in [-0.3, -0.25) is 0 Å². The molecule has 1 spiro atoms. The maximum absolute atomic E-state index is 6.84. The third-order valence-corrected chi connectivity index (χ3v) is 15.7. The van der Waals surface area contributed by atoms with Gasteiger partial charge in [-0.25, -0.2) is 15.0 Å². The molecule has 2 aromatic heterocycles. The average Bonchev–Trinajstić information content (AvgIpc) is 4.01. The Hall–Kier alpha value is -9.19.